The molecule has 1 spiro atoms. The number of piperidine rings is 1. The number of ether oxygens (including phenoxy) is 1. The molecule has 2 aromatic carbocycles. The normalized spacial score (nSPS) is 30.5. The lowest BCUT2D eigenvalue weighted by molar-refractivity contribution is -0.185. The molecule has 1 saturated carbocycles. The number of ketones is 1. The van der Waals surface area contributed by atoms with Gasteiger partial charge in [-0.05, 0) is 69.3 Å². The summed E-state index contributed by atoms with van der Waals surface area (Å²) in [5.41, 5.74) is 1.49. The van der Waals surface area contributed by atoms with Gasteiger partial charge in [-0.2, -0.15) is 4.21 Å². The van der Waals surface area contributed by atoms with Gasteiger partial charge < -0.3 is 18.9 Å². The number of rotatable bonds is 10. The Labute approximate surface area is 221 Å². The lowest BCUT2D eigenvalue weighted by atomic mass is 9.49. The number of Topliss-reactive ketones (excluding diaryl/α,β-unsaturated/α-hetero) is 1. The van der Waals surface area contributed by atoms with E-state index in [4.69, 9.17) is 13.1 Å². The van der Waals surface area contributed by atoms with E-state index in [0.29, 0.717) is 43.8 Å². The second-order valence-corrected chi connectivity index (χ2v) is 11.8. The number of carbonyl (C=O) groups is 1. The molecule has 0 aromatic heterocycles. The van der Waals surface area contributed by atoms with Crippen molar-refractivity contribution >= 4 is 17.1 Å². The van der Waals surface area contributed by atoms with Crippen molar-refractivity contribution in [1.29, 1.82) is 0 Å². The summed E-state index contributed by atoms with van der Waals surface area (Å²) in [6.45, 7) is 1.13. The van der Waals surface area contributed by atoms with Crippen molar-refractivity contribution in [3.05, 3.63) is 59.2 Å². The number of aryl methyl sites for hydroxylation is 1. The van der Waals surface area contributed by atoms with Gasteiger partial charge in [-0.25, -0.2) is 0 Å². The minimum atomic E-state index is -1.98. The van der Waals surface area contributed by atoms with Crippen molar-refractivity contribution in [3.8, 4) is 11.5 Å². The number of benzene rings is 2. The van der Waals surface area contributed by atoms with E-state index in [1.807, 2.05) is 19.2 Å². The first-order valence-corrected chi connectivity index (χ1v) is 14.5. The van der Waals surface area contributed by atoms with Gasteiger partial charge in [0.15, 0.2) is 23.4 Å². The SMILES string of the molecule is CN1CCC23c4c5ccc(OS(=O)OCCCCCCc6ccccc6)c4OC2C(=O)CCC3(O)C1C5. The number of nitrogens with zero attached hydrogens (tertiary/aromatic N) is 1. The van der Waals surface area contributed by atoms with E-state index in [1.54, 1.807) is 6.07 Å². The Morgan fingerprint density at radius 2 is 1.92 bits per heavy atom. The Hall–Kier alpha value is -2.26. The Kier molecular flexibility index (Phi) is 6.63. The van der Waals surface area contributed by atoms with Crippen LogP contribution in [0.2, 0.25) is 0 Å². The zero-order valence-corrected chi connectivity index (χ0v) is 22.1. The standard InChI is InChI=1S/C29H35NO6S/c1-30-17-16-28-25-21-12-13-23(26(25)35-27(28)22(31)14-15-29(28,32)24(30)19-21)36-37(33)34-18-8-3-2-5-9-20-10-6-4-7-11-20/h4,6-7,10-13,24,27,32H,2-3,5,8-9,14-19H2,1H3. The molecule has 5 unspecified atom stereocenters. The lowest BCUT2D eigenvalue weighted by Crippen LogP contribution is -2.76. The molecule has 7 nitrogen and oxygen atoms in total. The van der Waals surface area contributed by atoms with Gasteiger partial charge in [-0.1, -0.05) is 49.2 Å². The minimum absolute atomic E-state index is 0.0209. The Bertz CT molecular complexity index is 1200. The van der Waals surface area contributed by atoms with Gasteiger partial charge >= 0.3 is 11.4 Å². The summed E-state index contributed by atoms with van der Waals surface area (Å²) in [5.74, 6) is 0.793. The summed E-state index contributed by atoms with van der Waals surface area (Å²) in [6.07, 6.45) is 6.40. The molecule has 0 radical (unpaired) electrons. The molecule has 2 aliphatic carbocycles. The van der Waals surface area contributed by atoms with Crippen molar-refractivity contribution in [2.75, 3.05) is 20.2 Å². The fraction of sp³-hybridized carbons (Fsp3) is 0.552. The highest BCUT2D eigenvalue weighted by molar-refractivity contribution is 7.75. The molecule has 2 aliphatic heterocycles. The zero-order valence-electron chi connectivity index (χ0n) is 21.3. The summed E-state index contributed by atoms with van der Waals surface area (Å²) in [5, 5.41) is 12.0. The third kappa shape index (κ3) is 4.04. The number of carbonyl (C=O) groups excluding carboxylic acids is 1. The van der Waals surface area contributed by atoms with E-state index in [-0.39, 0.29) is 11.8 Å². The third-order valence-corrected chi connectivity index (χ3v) is 9.72. The molecule has 1 N–H and O–H groups in total. The number of aliphatic hydroxyl groups is 1. The van der Waals surface area contributed by atoms with Gasteiger partial charge in [-0.15, -0.1) is 0 Å². The Morgan fingerprint density at radius 3 is 2.76 bits per heavy atom. The van der Waals surface area contributed by atoms with Crippen LogP contribution in [-0.4, -0.2) is 57.9 Å². The molecule has 8 heteroatoms. The highest BCUT2D eigenvalue weighted by Gasteiger charge is 2.72. The van der Waals surface area contributed by atoms with Crippen molar-refractivity contribution in [3.63, 3.8) is 0 Å². The van der Waals surface area contributed by atoms with E-state index >= 15 is 0 Å². The van der Waals surface area contributed by atoms with E-state index in [1.165, 1.54) is 5.56 Å². The number of hydrogen-bond donors (Lipinski definition) is 1. The molecular formula is C29H35NO6S. The van der Waals surface area contributed by atoms with Crippen LogP contribution in [0.5, 0.6) is 11.5 Å². The number of unbranched alkanes of at least 4 members (excludes halogenated alkanes) is 3. The molecule has 2 fully saturated rings. The predicted octanol–water partition coefficient (Wildman–Crippen LogP) is 3.82. The van der Waals surface area contributed by atoms with E-state index < -0.39 is 28.5 Å². The first-order valence-electron chi connectivity index (χ1n) is 13.5. The topological polar surface area (TPSA) is 85.3 Å². The van der Waals surface area contributed by atoms with Gasteiger partial charge in [0.1, 0.15) is 0 Å². The quantitative estimate of drug-likeness (QED) is 0.472. The first-order chi connectivity index (χ1) is 17.9. The van der Waals surface area contributed by atoms with Crippen LogP contribution < -0.4 is 8.92 Å². The van der Waals surface area contributed by atoms with Gasteiger partial charge in [0.05, 0.1) is 17.6 Å². The predicted molar refractivity (Wildman–Crippen MR) is 140 cm³/mol. The van der Waals surface area contributed by atoms with E-state index in [9.17, 15) is 14.1 Å². The molecule has 2 aromatic rings. The molecule has 2 heterocycles. The average Bonchev–Trinajstić information content (AvgIpc) is 3.26. The van der Waals surface area contributed by atoms with Gasteiger partial charge in [0.25, 0.3) is 0 Å². The summed E-state index contributed by atoms with van der Waals surface area (Å²) < 4.78 is 30.1. The van der Waals surface area contributed by atoms with Crippen molar-refractivity contribution in [2.24, 2.45) is 0 Å². The van der Waals surface area contributed by atoms with Crippen molar-refractivity contribution in [1.82, 2.24) is 4.90 Å². The second-order valence-electron chi connectivity index (χ2n) is 11.0. The third-order valence-electron chi connectivity index (χ3n) is 9.05. The van der Waals surface area contributed by atoms with Crippen LogP contribution in [0.15, 0.2) is 42.5 Å². The number of hydrogen-bond acceptors (Lipinski definition) is 7. The average molecular weight is 526 g/mol. The van der Waals surface area contributed by atoms with Gasteiger partial charge in [-0.3, -0.25) is 8.98 Å². The van der Waals surface area contributed by atoms with Crippen LogP contribution in [0, 0.1) is 0 Å². The molecule has 37 heavy (non-hydrogen) atoms. The van der Waals surface area contributed by atoms with Crippen molar-refractivity contribution < 1.29 is 27.2 Å². The largest absolute Gasteiger partial charge is 0.477 e. The highest BCUT2D eigenvalue weighted by Crippen LogP contribution is 2.64. The smallest absolute Gasteiger partial charge is 0.360 e. The van der Waals surface area contributed by atoms with E-state index in [2.05, 4.69) is 29.2 Å². The zero-order chi connectivity index (χ0) is 25.6. The maximum Gasteiger partial charge on any atom is 0.360 e. The fourth-order valence-electron chi connectivity index (χ4n) is 7.24. The molecular weight excluding hydrogens is 490 g/mol. The summed E-state index contributed by atoms with van der Waals surface area (Å²) >= 11 is -1.98. The molecule has 4 aliphatic rings. The molecule has 6 rings (SSSR count). The maximum absolute atomic E-state index is 13.0. The molecule has 198 valence electrons. The van der Waals surface area contributed by atoms with Crippen LogP contribution in [0.4, 0.5) is 0 Å². The first kappa shape index (κ1) is 25.0. The molecule has 1 saturated heterocycles. The highest BCUT2D eigenvalue weighted by atomic mass is 32.2. The fourth-order valence-corrected chi connectivity index (χ4v) is 7.82. The molecule has 5 atom stereocenters. The van der Waals surface area contributed by atoms with Gasteiger partial charge in [0.2, 0.25) is 0 Å². The van der Waals surface area contributed by atoms with E-state index in [0.717, 1.165) is 49.8 Å². The van der Waals surface area contributed by atoms with Crippen LogP contribution in [0.1, 0.15) is 61.6 Å². The Morgan fingerprint density at radius 1 is 1.11 bits per heavy atom. The summed E-state index contributed by atoms with van der Waals surface area (Å²) in [4.78, 5) is 15.2. The second kappa shape index (κ2) is 9.80. The summed E-state index contributed by atoms with van der Waals surface area (Å²) in [6, 6.07) is 14.1. The number of likely N-dealkylation sites (N-methyl/N-ethyl adjacent to an activating group) is 1. The number of likely N-dealkylation sites (tertiary alicyclic amines) is 1. The van der Waals surface area contributed by atoms with Crippen LogP contribution in [-0.2, 0) is 38.6 Å². The summed E-state index contributed by atoms with van der Waals surface area (Å²) in [7, 11) is 2.05. The maximum atomic E-state index is 13.0. The minimum Gasteiger partial charge on any atom is -0.477 e. The van der Waals surface area contributed by atoms with Crippen molar-refractivity contribution in [2.45, 2.75) is 80.9 Å². The lowest BCUT2D eigenvalue weighted by Gasteiger charge is -2.61. The monoisotopic (exact) mass is 525 g/mol. The van der Waals surface area contributed by atoms with Crippen LogP contribution in [0.25, 0.3) is 0 Å². The Balaban J connectivity index is 1.10. The van der Waals surface area contributed by atoms with Crippen LogP contribution in [0.3, 0.4) is 0 Å². The van der Waals surface area contributed by atoms with Gasteiger partial charge in [0, 0.05) is 18.0 Å². The molecule has 2 bridgehead atoms. The van der Waals surface area contributed by atoms with Crippen LogP contribution >= 0.6 is 0 Å². The molecule has 0 amide bonds.